The van der Waals surface area contributed by atoms with E-state index in [2.05, 4.69) is 22.1 Å². The lowest BCUT2D eigenvalue weighted by Gasteiger charge is -2.03. The van der Waals surface area contributed by atoms with Crippen molar-refractivity contribution in [3.05, 3.63) is 40.9 Å². The maximum absolute atomic E-state index is 5.78. The summed E-state index contributed by atoms with van der Waals surface area (Å²) in [5.74, 6) is 2.34. The van der Waals surface area contributed by atoms with Crippen molar-refractivity contribution in [1.29, 1.82) is 0 Å². The molecule has 2 aromatic rings. The van der Waals surface area contributed by atoms with Gasteiger partial charge in [-0.1, -0.05) is 18.5 Å². The predicted molar refractivity (Wildman–Crippen MR) is 66.2 cm³/mol. The van der Waals surface area contributed by atoms with E-state index >= 15 is 0 Å². The lowest BCUT2D eigenvalue weighted by Crippen LogP contribution is -1.97. The molecule has 0 aliphatic carbocycles. The Hall–Kier alpha value is -1.55. The van der Waals surface area contributed by atoms with E-state index in [1.165, 1.54) is 0 Å². The average molecular weight is 252 g/mol. The van der Waals surface area contributed by atoms with E-state index < -0.39 is 0 Å². The van der Waals surface area contributed by atoms with Crippen LogP contribution in [0.5, 0.6) is 5.75 Å². The van der Waals surface area contributed by atoms with Crippen LogP contribution in [-0.2, 0) is 13.0 Å². The van der Waals surface area contributed by atoms with Crippen LogP contribution in [0.2, 0.25) is 5.02 Å². The van der Waals surface area contributed by atoms with Crippen LogP contribution >= 0.6 is 11.6 Å². The summed E-state index contributed by atoms with van der Waals surface area (Å²) in [6.07, 6.45) is 1.92. The fourth-order valence-electron chi connectivity index (χ4n) is 1.42. The molecule has 90 valence electrons. The van der Waals surface area contributed by atoms with Crippen molar-refractivity contribution in [2.24, 2.45) is 0 Å². The fourth-order valence-corrected chi connectivity index (χ4v) is 1.54. The van der Waals surface area contributed by atoms with Gasteiger partial charge in [0.05, 0.1) is 0 Å². The molecule has 0 aliphatic rings. The summed E-state index contributed by atoms with van der Waals surface area (Å²) in [7, 11) is 0. The van der Waals surface area contributed by atoms with Crippen molar-refractivity contribution in [2.45, 2.75) is 26.4 Å². The second-order valence-corrected chi connectivity index (χ2v) is 4.13. The Labute approximate surface area is 105 Å². The molecule has 0 fully saturated rings. The SMILES string of the molecule is CCCc1n[nH]c(COc2ccc(Cl)cc2)n1. The van der Waals surface area contributed by atoms with Crippen molar-refractivity contribution >= 4 is 11.6 Å². The van der Waals surface area contributed by atoms with Crippen molar-refractivity contribution in [3.63, 3.8) is 0 Å². The van der Waals surface area contributed by atoms with E-state index in [0.29, 0.717) is 11.6 Å². The molecule has 0 spiro atoms. The van der Waals surface area contributed by atoms with Crippen LogP contribution in [0, 0.1) is 0 Å². The molecule has 1 aromatic carbocycles. The molecule has 1 heterocycles. The van der Waals surface area contributed by atoms with E-state index in [1.807, 2.05) is 12.1 Å². The highest BCUT2D eigenvalue weighted by Crippen LogP contribution is 2.16. The molecule has 0 aliphatic heterocycles. The molecular formula is C12H14ClN3O. The highest BCUT2D eigenvalue weighted by molar-refractivity contribution is 6.30. The number of rotatable bonds is 5. The number of hydrogen-bond donors (Lipinski definition) is 1. The standard InChI is InChI=1S/C12H14ClN3O/c1-2-3-11-14-12(16-15-11)8-17-10-6-4-9(13)5-7-10/h4-7H,2-3,8H2,1H3,(H,14,15,16). The third kappa shape index (κ3) is 3.46. The second kappa shape index (κ2) is 5.68. The van der Waals surface area contributed by atoms with Gasteiger partial charge in [0.15, 0.2) is 11.6 Å². The third-order valence-electron chi connectivity index (χ3n) is 2.24. The van der Waals surface area contributed by atoms with Crippen LogP contribution < -0.4 is 4.74 Å². The topological polar surface area (TPSA) is 50.8 Å². The number of halogens is 1. The lowest BCUT2D eigenvalue weighted by atomic mass is 10.3. The molecule has 4 nitrogen and oxygen atoms in total. The molecule has 0 unspecified atom stereocenters. The Morgan fingerprint density at radius 1 is 1.29 bits per heavy atom. The number of benzene rings is 1. The first-order valence-corrected chi connectivity index (χ1v) is 5.94. The second-order valence-electron chi connectivity index (χ2n) is 3.69. The van der Waals surface area contributed by atoms with Gasteiger partial charge in [0.1, 0.15) is 12.4 Å². The molecule has 2 rings (SSSR count). The molecule has 17 heavy (non-hydrogen) atoms. The number of nitrogens with one attached hydrogen (secondary N) is 1. The first-order valence-electron chi connectivity index (χ1n) is 5.56. The number of ether oxygens (including phenoxy) is 1. The quantitative estimate of drug-likeness (QED) is 0.889. The minimum atomic E-state index is 0.387. The van der Waals surface area contributed by atoms with Crippen molar-refractivity contribution < 1.29 is 4.74 Å². The zero-order valence-electron chi connectivity index (χ0n) is 9.61. The van der Waals surface area contributed by atoms with E-state index in [1.54, 1.807) is 12.1 Å². The van der Waals surface area contributed by atoms with Crippen LogP contribution in [0.3, 0.4) is 0 Å². The van der Waals surface area contributed by atoms with Gasteiger partial charge in [-0.2, -0.15) is 5.10 Å². The summed E-state index contributed by atoms with van der Waals surface area (Å²) < 4.78 is 5.55. The minimum Gasteiger partial charge on any atom is -0.486 e. The summed E-state index contributed by atoms with van der Waals surface area (Å²) in [5, 5.41) is 7.65. The molecule has 0 saturated heterocycles. The van der Waals surface area contributed by atoms with Gasteiger partial charge in [-0.25, -0.2) is 4.98 Å². The molecule has 0 saturated carbocycles. The summed E-state index contributed by atoms with van der Waals surface area (Å²) in [5.41, 5.74) is 0. The monoisotopic (exact) mass is 251 g/mol. The van der Waals surface area contributed by atoms with Crippen LogP contribution in [0.25, 0.3) is 0 Å². The molecular weight excluding hydrogens is 238 g/mol. The van der Waals surface area contributed by atoms with Gasteiger partial charge in [-0.05, 0) is 30.7 Å². The van der Waals surface area contributed by atoms with Crippen LogP contribution in [0.4, 0.5) is 0 Å². The average Bonchev–Trinajstić information content (AvgIpc) is 2.77. The van der Waals surface area contributed by atoms with Crippen molar-refractivity contribution in [1.82, 2.24) is 15.2 Å². The van der Waals surface area contributed by atoms with Crippen LogP contribution in [0.1, 0.15) is 25.0 Å². The Kier molecular flexibility index (Phi) is 3.98. The Morgan fingerprint density at radius 2 is 2.06 bits per heavy atom. The van der Waals surface area contributed by atoms with Gasteiger partial charge in [0.2, 0.25) is 0 Å². The molecule has 1 N–H and O–H groups in total. The van der Waals surface area contributed by atoms with E-state index in [-0.39, 0.29) is 0 Å². The van der Waals surface area contributed by atoms with Gasteiger partial charge in [0.25, 0.3) is 0 Å². The number of hydrogen-bond acceptors (Lipinski definition) is 3. The van der Waals surface area contributed by atoms with Crippen LogP contribution in [0.15, 0.2) is 24.3 Å². The summed E-state index contributed by atoms with van der Waals surface area (Å²) in [6.45, 7) is 2.48. The Bertz CT molecular complexity index is 467. The van der Waals surface area contributed by atoms with Crippen molar-refractivity contribution in [3.8, 4) is 5.75 Å². The molecule has 0 amide bonds. The van der Waals surface area contributed by atoms with E-state index in [9.17, 15) is 0 Å². The van der Waals surface area contributed by atoms with Crippen LogP contribution in [-0.4, -0.2) is 15.2 Å². The number of aromatic amines is 1. The van der Waals surface area contributed by atoms with Gasteiger partial charge in [-0.3, -0.25) is 5.10 Å². The highest BCUT2D eigenvalue weighted by atomic mass is 35.5. The lowest BCUT2D eigenvalue weighted by molar-refractivity contribution is 0.296. The Morgan fingerprint density at radius 3 is 2.76 bits per heavy atom. The molecule has 0 radical (unpaired) electrons. The smallest absolute Gasteiger partial charge is 0.162 e. The predicted octanol–water partition coefficient (Wildman–Crippen LogP) is 2.99. The summed E-state index contributed by atoms with van der Waals surface area (Å²) >= 11 is 5.78. The highest BCUT2D eigenvalue weighted by Gasteiger charge is 2.03. The van der Waals surface area contributed by atoms with Gasteiger partial charge in [-0.15, -0.1) is 0 Å². The minimum absolute atomic E-state index is 0.387. The van der Waals surface area contributed by atoms with E-state index in [4.69, 9.17) is 16.3 Å². The zero-order chi connectivity index (χ0) is 12.1. The molecule has 5 heteroatoms. The summed E-state index contributed by atoms with van der Waals surface area (Å²) in [4.78, 5) is 4.31. The van der Waals surface area contributed by atoms with Gasteiger partial charge < -0.3 is 4.74 Å². The van der Waals surface area contributed by atoms with Crippen molar-refractivity contribution in [2.75, 3.05) is 0 Å². The van der Waals surface area contributed by atoms with Gasteiger partial charge >= 0.3 is 0 Å². The fraction of sp³-hybridized carbons (Fsp3) is 0.333. The number of aromatic nitrogens is 3. The molecule has 0 atom stereocenters. The van der Waals surface area contributed by atoms with Gasteiger partial charge in [0, 0.05) is 11.4 Å². The largest absolute Gasteiger partial charge is 0.486 e. The maximum Gasteiger partial charge on any atom is 0.162 e. The molecule has 1 aromatic heterocycles. The Balaban J connectivity index is 1.90. The first-order chi connectivity index (χ1) is 8.28. The normalized spacial score (nSPS) is 10.5. The maximum atomic E-state index is 5.78. The number of aryl methyl sites for hydroxylation is 1. The van der Waals surface area contributed by atoms with E-state index in [0.717, 1.165) is 30.2 Å². The third-order valence-corrected chi connectivity index (χ3v) is 2.49. The summed E-state index contributed by atoms with van der Waals surface area (Å²) in [6, 6.07) is 7.23. The molecule has 0 bridgehead atoms. The number of H-pyrrole nitrogens is 1. The first kappa shape index (κ1) is 11.9. The number of nitrogens with zero attached hydrogens (tertiary/aromatic N) is 2. The zero-order valence-corrected chi connectivity index (χ0v) is 10.4.